The maximum absolute atomic E-state index is 13.8. The normalized spacial score (nSPS) is 18.9. The quantitative estimate of drug-likeness (QED) is 0.412. The zero-order valence-electron chi connectivity index (χ0n) is 24.0. The zero-order valence-corrected chi connectivity index (χ0v) is 28.0. The number of benzene rings is 1. The number of thiazole rings is 1. The minimum atomic E-state index is -4.35. The number of carbonyl (C=O) groups excluding carboxylic acids is 2. The molecule has 3 aromatic rings. The standard InChI is InChI=1S/C26H32ClN5O7S4/c1-26(2,3)39-25(34)29-42(35,36)15-18-13-31(43(37,38)22-11-16-5-6-17(27)12-20(16)40-22)9-10-32(18)24(33)23-28-19-7-8-30(4)14-21(19)41-23/h5-6,11-12,18H,7-10,13-15H2,1-4H3,(H,29,34). The summed E-state index contributed by atoms with van der Waals surface area (Å²) in [5.74, 6) is -1.20. The van der Waals surface area contributed by atoms with Crippen molar-refractivity contribution in [2.45, 2.75) is 49.6 Å². The van der Waals surface area contributed by atoms with E-state index in [1.165, 1.54) is 20.5 Å². The second-order valence-corrected chi connectivity index (χ2v) is 18.1. The molecule has 1 atom stereocenters. The number of halogens is 1. The number of carbonyl (C=O) groups is 2. The molecular formula is C26H32ClN5O7S4. The predicted octanol–water partition coefficient (Wildman–Crippen LogP) is 3.37. The van der Waals surface area contributed by atoms with E-state index in [0.29, 0.717) is 28.1 Å². The SMILES string of the molecule is CN1CCc2nc(C(=O)N3CCN(S(=O)(=O)c4cc5ccc(Cl)cc5s4)CC3CS(=O)(=O)NC(=O)OC(C)(C)C)sc2C1. The number of hydrogen-bond acceptors (Lipinski definition) is 11. The van der Waals surface area contributed by atoms with Crippen molar-refractivity contribution in [3.8, 4) is 0 Å². The number of ether oxygens (including phenoxy) is 1. The summed E-state index contributed by atoms with van der Waals surface area (Å²) >= 11 is 8.41. The first-order chi connectivity index (χ1) is 20.0. The summed E-state index contributed by atoms with van der Waals surface area (Å²) in [7, 11) is -6.41. The van der Waals surface area contributed by atoms with E-state index in [2.05, 4.69) is 9.88 Å². The fourth-order valence-corrected chi connectivity index (χ4v) is 10.6. The van der Waals surface area contributed by atoms with Crippen molar-refractivity contribution in [3.63, 3.8) is 0 Å². The minimum Gasteiger partial charge on any atom is -0.443 e. The number of sulfonamides is 2. The van der Waals surface area contributed by atoms with Crippen molar-refractivity contribution in [1.82, 2.24) is 23.8 Å². The minimum absolute atomic E-state index is 0.0487. The molecule has 4 heterocycles. The van der Waals surface area contributed by atoms with Crippen LogP contribution in [0.3, 0.4) is 0 Å². The Bertz CT molecular complexity index is 1780. The Morgan fingerprint density at radius 2 is 1.86 bits per heavy atom. The van der Waals surface area contributed by atoms with Gasteiger partial charge in [0.05, 0.1) is 17.5 Å². The van der Waals surface area contributed by atoms with Gasteiger partial charge in [0.1, 0.15) is 9.81 Å². The largest absolute Gasteiger partial charge is 0.443 e. The van der Waals surface area contributed by atoms with Crippen LogP contribution in [0.15, 0.2) is 28.5 Å². The van der Waals surface area contributed by atoms with Gasteiger partial charge in [-0.1, -0.05) is 17.7 Å². The Hall–Kier alpha value is -2.34. The number of nitrogens with zero attached hydrogens (tertiary/aromatic N) is 4. The molecule has 2 aliphatic rings. The Labute approximate surface area is 263 Å². The molecule has 1 unspecified atom stereocenters. The van der Waals surface area contributed by atoms with Gasteiger partial charge in [-0.2, -0.15) is 4.31 Å². The molecule has 2 aliphatic heterocycles. The Kier molecular flexibility index (Phi) is 8.85. The van der Waals surface area contributed by atoms with Gasteiger partial charge in [-0.3, -0.25) is 4.79 Å². The van der Waals surface area contributed by atoms with Crippen LogP contribution in [-0.4, -0.2) is 98.5 Å². The van der Waals surface area contributed by atoms with Gasteiger partial charge in [-0.25, -0.2) is 31.3 Å². The molecule has 0 aliphatic carbocycles. The van der Waals surface area contributed by atoms with Crippen LogP contribution in [0, 0.1) is 0 Å². The lowest BCUT2D eigenvalue weighted by molar-refractivity contribution is 0.0569. The first-order valence-corrected chi connectivity index (χ1v) is 18.5. The molecule has 1 fully saturated rings. The second-order valence-electron chi connectivity index (χ2n) is 11.5. The molecule has 234 valence electrons. The average molecular weight is 690 g/mol. The van der Waals surface area contributed by atoms with E-state index in [9.17, 15) is 26.4 Å². The highest BCUT2D eigenvalue weighted by Gasteiger charge is 2.41. The number of thiophene rings is 1. The monoisotopic (exact) mass is 689 g/mol. The number of fused-ring (bicyclic) bond motifs is 2. The van der Waals surface area contributed by atoms with E-state index in [1.807, 2.05) is 11.8 Å². The summed E-state index contributed by atoms with van der Waals surface area (Å²) in [5, 5.41) is 1.41. The van der Waals surface area contributed by atoms with Crippen molar-refractivity contribution in [2.75, 3.05) is 39.0 Å². The topological polar surface area (TPSA) is 146 Å². The third-order valence-electron chi connectivity index (χ3n) is 6.91. The molecule has 0 radical (unpaired) electrons. The van der Waals surface area contributed by atoms with Gasteiger partial charge in [0.2, 0.25) is 10.0 Å². The number of piperazine rings is 1. The van der Waals surface area contributed by atoms with Gasteiger partial charge in [-0.15, -0.1) is 22.7 Å². The van der Waals surface area contributed by atoms with Crippen molar-refractivity contribution in [2.24, 2.45) is 0 Å². The molecule has 2 amide bonds. The average Bonchev–Trinajstić information content (AvgIpc) is 3.50. The van der Waals surface area contributed by atoms with E-state index < -0.39 is 49.4 Å². The highest BCUT2D eigenvalue weighted by atomic mass is 35.5. The molecule has 1 aromatic carbocycles. The van der Waals surface area contributed by atoms with Crippen LogP contribution in [0.1, 0.15) is 41.1 Å². The van der Waals surface area contributed by atoms with E-state index in [1.54, 1.807) is 45.0 Å². The highest BCUT2D eigenvalue weighted by Crippen LogP contribution is 2.34. The Morgan fingerprint density at radius 1 is 1.12 bits per heavy atom. The summed E-state index contributed by atoms with van der Waals surface area (Å²) in [6.45, 7) is 5.83. The molecule has 0 saturated carbocycles. The second kappa shape index (κ2) is 11.9. The van der Waals surface area contributed by atoms with Crippen LogP contribution >= 0.6 is 34.3 Å². The van der Waals surface area contributed by atoms with Crippen LogP contribution in [0.5, 0.6) is 0 Å². The Morgan fingerprint density at radius 3 is 2.58 bits per heavy atom. The maximum atomic E-state index is 13.8. The zero-order chi connectivity index (χ0) is 31.3. The lowest BCUT2D eigenvalue weighted by Gasteiger charge is -2.40. The van der Waals surface area contributed by atoms with Crippen molar-refractivity contribution < 1.29 is 31.2 Å². The van der Waals surface area contributed by atoms with Crippen molar-refractivity contribution in [3.05, 3.63) is 44.9 Å². The van der Waals surface area contributed by atoms with Crippen LogP contribution in [-0.2, 0) is 37.7 Å². The number of amides is 2. The summed E-state index contributed by atoms with van der Waals surface area (Å²) < 4.78 is 62.7. The van der Waals surface area contributed by atoms with E-state index in [-0.39, 0.29) is 28.9 Å². The number of rotatable bonds is 6. The van der Waals surface area contributed by atoms with Crippen LogP contribution in [0.4, 0.5) is 4.79 Å². The summed E-state index contributed by atoms with van der Waals surface area (Å²) in [6.07, 6.45) is -0.467. The van der Waals surface area contributed by atoms with Crippen LogP contribution < -0.4 is 4.72 Å². The van der Waals surface area contributed by atoms with E-state index >= 15 is 0 Å². The molecule has 1 saturated heterocycles. The first kappa shape index (κ1) is 32.1. The first-order valence-electron chi connectivity index (χ1n) is 13.4. The van der Waals surface area contributed by atoms with Crippen LogP contribution in [0.2, 0.25) is 5.02 Å². The number of nitrogens with one attached hydrogen (secondary N) is 1. The van der Waals surface area contributed by atoms with Gasteiger partial charge in [0.25, 0.3) is 15.9 Å². The molecule has 2 aromatic heterocycles. The molecule has 1 N–H and O–H groups in total. The molecule has 17 heteroatoms. The van der Waals surface area contributed by atoms with Crippen molar-refractivity contribution >= 4 is 76.4 Å². The molecule has 43 heavy (non-hydrogen) atoms. The molecule has 0 bridgehead atoms. The van der Waals surface area contributed by atoms with Crippen molar-refractivity contribution in [1.29, 1.82) is 0 Å². The van der Waals surface area contributed by atoms with Gasteiger partial charge in [0, 0.05) is 53.7 Å². The summed E-state index contributed by atoms with van der Waals surface area (Å²) in [4.78, 5) is 35.0. The fourth-order valence-electron chi connectivity index (χ4n) is 4.95. The van der Waals surface area contributed by atoms with Gasteiger partial charge >= 0.3 is 6.09 Å². The number of likely N-dealkylation sites (N-methyl/N-ethyl adjacent to an activating group) is 1. The van der Waals surface area contributed by atoms with Gasteiger partial charge in [0.15, 0.2) is 5.01 Å². The predicted molar refractivity (Wildman–Crippen MR) is 166 cm³/mol. The van der Waals surface area contributed by atoms with E-state index in [0.717, 1.165) is 28.5 Å². The Balaban J connectivity index is 1.43. The van der Waals surface area contributed by atoms with Gasteiger partial charge < -0.3 is 14.5 Å². The molecular weight excluding hydrogens is 658 g/mol. The maximum Gasteiger partial charge on any atom is 0.421 e. The highest BCUT2D eigenvalue weighted by molar-refractivity contribution is 7.91. The molecule has 12 nitrogen and oxygen atoms in total. The summed E-state index contributed by atoms with van der Waals surface area (Å²) in [6, 6.07) is 5.52. The van der Waals surface area contributed by atoms with Gasteiger partial charge in [-0.05, 0) is 51.4 Å². The summed E-state index contributed by atoms with van der Waals surface area (Å²) in [5.41, 5.74) is -0.0996. The van der Waals surface area contributed by atoms with E-state index in [4.69, 9.17) is 16.3 Å². The lowest BCUT2D eigenvalue weighted by Crippen LogP contribution is -2.59. The third kappa shape index (κ3) is 7.32. The molecule has 5 rings (SSSR count). The molecule has 0 spiro atoms. The van der Waals surface area contributed by atoms with Crippen LogP contribution in [0.25, 0.3) is 10.1 Å². The third-order valence-corrected chi connectivity index (χ3v) is 12.9. The smallest absolute Gasteiger partial charge is 0.421 e. The number of aromatic nitrogens is 1. The fraction of sp³-hybridized carbons (Fsp3) is 0.500. The number of hydrogen-bond donors (Lipinski definition) is 1. The lowest BCUT2D eigenvalue weighted by atomic mass is 10.2.